The number of ether oxygens (including phenoxy) is 1. The number of rotatable bonds is 3. The molecule has 90 valence electrons. The van der Waals surface area contributed by atoms with Gasteiger partial charge in [-0.15, -0.1) is 0 Å². The van der Waals surface area contributed by atoms with E-state index >= 15 is 0 Å². The highest BCUT2D eigenvalue weighted by Gasteiger charge is 2.33. The molecule has 2 amide bonds. The zero-order chi connectivity index (χ0) is 12.3. The normalized spacial score (nSPS) is 18.3. The van der Waals surface area contributed by atoms with E-state index in [1.165, 1.54) is 4.90 Å². The first-order valence-corrected chi connectivity index (χ1v) is 5.41. The molecule has 0 aliphatic carbocycles. The molecule has 1 aromatic carbocycles. The van der Waals surface area contributed by atoms with Crippen molar-refractivity contribution >= 4 is 11.8 Å². The third kappa shape index (κ3) is 2.35. The first-order chi connectivity index (χ1) is 8.24. The van der Waals surface area contributed by atoms with Crippen LogP contribution < -0.4 is 5.73 Å². The predicted molar refractivity (Wildman–Crippen MR) is 60.9 cm³/mol. The monoisotopic (exact) mass is 234 g/mol. The maximum absolute atomic E-state index is 11.7. The van der Waals surface area contributed by atoms with Gasteiger partial charge >= 0.3 is 0 Å². The molecule has 5 nitrogen and oxygen atoms in total. The van der Waals surface area contributed by atoms with E-state index in [2.05, 4.69) is 0 Å². The molecule has 0 bridgehead atoms. The molecule has 1 saturated heterocycles. The minimum atomic E-state index is -0.403. The summed E-state index contributed by atoms with van der Waals surface area (Å²) in [6, 6.07) is 8.89. The second kappa shape index (κ2) is 5.07. The van der Waals surface area contributed by atoms with Crippen molar-refractivity contribution in [2.75, 3.05) is 19.8 Å². The average Bonchev–Trinajstić information content (AvgIpc) is 2.35. The van der Waals surface area contributed by atoms with E-state index < -0.39 is 6.04 Å². The lowest BCUT2D eigenvalue weighted by molar-refractivity contribution is -0.161. The number of nitrogens with zero attached hydrogens (tertiary/aromatic N) is 1. The summed E-state index contributed by atoms with van der Waals surface area (Å²) in [6.07, 6.45) is 0. The zero-order valence-electron chi connectivity index (χ0n) is 9.33. The van der Waals surface area contributed by atoms with Crippen molar-refractivity contribution in [3.63, 3.8) is 0 Å². The Morgan fingerprint density at radius 1 is 1.18 bits per heavy atom. The molecular weight excluding hydrogens is 220 g/mol. The van der Waals surface area contributed by atoms with Crippen LogP contribution in [0.2, 0.25) is 0 Å². The third-order valence-electron chi connectivity index (χ3n) is 2.71. The first kappa shape index (κ1) is 11.8. The number of morpholine rings is 1. The molecule has 1 atom stereocenters. The molecule has 5 heteroatoms. The van der Waals surface area contributed by atoms with E-state index in [0.29, 0.717) is 0 Å². The minimum absolute atomic E-state index is 0.0604. The van der Waals surface area contributed by atoms with Crippen molar-refractivity contribution in [3.8, 4) is 0 Å². The van der Waals surface area contributed by atoms with Crippen LogP contribution in [0, 0.1) is 0 Å². The zero-order valence-corrected chi connectivity index (χ0v) is 9.33. The molecule has 17 heavy (non-hydrogen) atoms. The Labute approximate surface area is 99.2 Å². The number of carbonyl (C=O) groups is 2. The Balaban J connectivity index is 2.29. The predicted octanol–water partition coefficient (Wildman–Crippen LogP) is 0.0718. The smallest absolute Gasteiger partial charge is 0.255 e. The van der Waals surface area contributed by atoms with Crippen molar-refractivity contribution in [1.82, 2.24) is 4.90 Å². The van der Waals surface area contributed by atoms with Crippen molar-refractivity contribution < 1.29 is 14.3 Å². The van der Waals surface area contributed by atoms with Gasteiger partial charge in [0.1, 0.15) is 13.2 Å². The number of hydrogen-bond donors (Lipinski definition) is 1. The van der Waals surface area contributed by atoms with E-state index in [0.717, 1.165) is 5.56 Å². The van der Waals surface area contributed by atoms with E-state index in [4.69, 9.17) is 10.5 Å². The second-order valence-electron chi connectivity index (χ2n) is 3.81. The topological polar surface area (TPSA) is 72.6 Å². The van der Waals surface area contributed by atoms with Gasteiger partial charge in [0.05, 0.1) is 6.04 Å². The summed E-state index contributed by atoms with van der Waals surface area (Å²) in [5, 5.41) is 0. The van der Waals surface area contributed by atoms with Crippen LogP contribution in [0.5, 0.6) is 0 Å². The highest BCUT2D eigenvalue weighted by atomic mass is 16.5. The first-order valence-electron chi connectivity index (χ1n) is 5.41. The van der Waals surface area contributed by atoms with E-state index in [-0.39, 0.29) is 31.6 Å². The van der Waals surface area contributed by atoms with Crippen LogP contribution in [0.25, 0.3) is 0 Å². The quantitative estimate of drug-likeness (QED) is 0.751. The summed E-state index contributed by atoms with van der Waals surface area (Å²) in [4.78, 5) is 24.6. The Bertz CT molecular complexity index is 403. The number of hydrogen-bond acceptors (Lipinski definition) is 4. The summed E-state index contributed by atoms with van der Waals surface area (Å²) < 4.78 is 4.87. The van der Waals surface area contributed by atoms with Crippen LogP contribution in [0.15, 0.2) is 30.3 Å². The van der Waals surface area contributed by atoms with Gasteiger partial charge in [0.25, 0.3) is 11.8 Å². The van der Waals surface area contributed by atoms with E-state index in [1.54, 1.807) is 0 Å². The third-order valence-corrected chi connectivity index (χ3v) is 2.71. The van der Waals surface area contributed by atoms with Gasteiger partial charge in [-0.2, -0.15) is 0 Å². The van der Waals surface area contributed by atoms with Gasteiger partial charge < -0.3 is 10.5 Å². The number of amides is 2. The summed E-state index contributed by atoms with van der Waals surface area (Å²) in [5.74, 6) is -0.666. The van der Waals surface area contributed by atoms with Gasteiger partial charge in [0, 0.05) is 6.54 Å². The molecule has 2 rings (SSSR count). The molecular formula is C12H14N2O3. The minimum Gasteiger partial charge on any atom is -0.362 e. The molecule has 0 radical (unpaired) electrons. The molecule has 1 fully saturated rings. The molecule has 1 aliphatic rings. The largest absolute Gasteiger partial charge is 0.362 e. The number of benzene rings is 1. The van der Waals surface area contributed by atoms with E-state index in [1.807, 2.05) is 30.3 Å². The van der Waals surface area contributed by atoms with Crippen LogP contribution in [-0.2, 0) is 14.3 Å². The number of imide groups is 1. The fraction of sp³-hybridized carbons (Fsp3) is 0.333. The highest BCUT2D eigenvalue weighted by Crippen LogP contribution is 2.21. The summed E-state index contributed by atoms with van der Waals surface area (Å²) in [6.45, 7) is 0.0889. The van der Waals surface area contributed by atoms with Gasteiger partial charge in [-0.1, -0.05) is 30.3 Å². The molecule has 1 unspecified atom stereocenters. The maximum Gasteiger partial charge on any atom is 0.255 e. The van der Waals surface area contributed by atoms with Crippen LogP contribution in [-0.4, -0.2) is 36.5 Å². The molecule has 1 aromatic rings. The Hall–Kier alpha value is -1.72. The van der Waals surface area contributed by atoms with E-state index in [9.17, 15) is 9.59 Å². The van der Waals surface area contributed by atoms with Crippen LogP contribution >= 0.6 is 0 Å². The lowest BCUT2D eigenvalue weighted by atomic mass is 10.0. The lowest BCUT2D eigenvalue weighted by Crippen LogP contribution is -2.49. The molecule has 1 heterocycles. The molecule has 0 spiro atoms. The van der Waals surface area contributed by atoms with Crippen molar-refractivity contribution in [2.24, 2.45) is 5.73 Å². The Morgan fingerprint density at radius 2 is 1.76 bits per heavy atom. The lowest BCUT2D eigenvalue weighted by Gasteiger charge is -2.32. The van der Waals surface area contributed by atoms with Crippen LogP contribution in [0.4, 0.5) is 0 Å². The second-order valence-corrected chi connectivity index (χ2v) is 3.81. The van der Waals surface area contributed by atoms with Crippen molar-refractivity contribution in [3.05, 3.63) is 35.9 Å². The maximum atomic E-state index is 11.7. The number of carbonyl (C=O) groups excluding carboxylic acids is 2. The molecule has 2 N–H and O–H groups in total. The summed E-state index contributed by atoms with van der Waals surface area (Å²) in [7, 11) is 0. The van der Waals surface area contributed by atoms with Crippen LogP contribution in [0.3, 0.4) is 0 Å². The van der Waals surface area contributed by atoms with Gasteiger partial charge in [-0.25, -0.2) is 0 Å². The van der Waals surface area contributed by atoms with Gasteiger partial charge in [-0.05, 0) is 5.56 Å². The highest BCUT2D eigenvalue weighted by molar-refractivity contribution is 5.98. The summed E-state index contributed by atoms with van der Waals surface area (Å²) >= 11 is 0. The van der Waals surface area contributed by atoms with Gasteiger partial charge in [-0.3, -0.25) is 14.5 Å². The Morgan fingerprint density at radius 3 is 2.29 bits per heavy atom. The van der Waals surface area contributed by atoms with Gasteiger partial charge in [0.2, 0.25) is 0 Å². The SMILES string of the molecule is NCC(c1ccccc1)N1C(=O)COCC1=O. The van der Waals surface area contributed by atoms with Gasteiger partial charge in [0.15, 0.2) is 0 Å². The van der Waals surface area contributed by atoms with Crippen LogP contribution in [0.1, 0.15) is 11.6 Å². The standard InChI is InChI=1S/C12H14N2O3/c13-6-10(9-4-2-1-3-5-9)14-11(15)7-17-8-12(14)16/h1-5,10H,6-8,13H2. The molecule has 1 aliphatic heterocycles. The fourth-order valence-corrected chi connectivity index (χ4v) is 1.92. The van der Waals surface area contributed by atoms with Crippen molar-refractivity contribution in [1.29, 1.82) is 0 Å². The average molecular weight is 234 g/mol. The Kier molecular flexibility index (Phi) is 3.51. The molecule has 0 saturated carbocycles. The molecule has 0 aromatic heterocycles. The van der Waals surface area contributed by atoms with Crippen molar-refractivity contribution in [2.45, 2.75) is 6.04 Å². The number of nitrogens with two attached hydrogens (primary N) is 1. The summed E-state index contributed by atoms with van der Waals surface area (Å²) in [5.41, 5.74) is 6.53. The fourth-order valence-electron chi connectivity index (χ4n) is 1.92.